The van der Waals surface area contributed by atoms with E-state index >= 15 is 0 Å². The van der Waals surface area contributed by atoms with Crippen molar-refractivity contribution in [3.63, 3.8) is 0 Å². The number of nitrogens with one attached hydrogen (secondary N) is 2. The van der Waals surface area contributed by atoms with Crippen LogP contribution in [0.2, 0.25) is 5.28 Å². The Bertz CT molecular complexity index is 459. The Morgan fingerprint density at radius 3 is 2.81 bits per heavy atom. The van der Waals surface area contributed by atoms with E-state index in [2.05, 4.69) is 25.6 Å². The SMILES string of the molecule is CCNc1nc(Cl)nc(Nc2ccsc2)n1. The van der Waals surface area contributed by atoms with Gasteiger partial charge in [0.15, 0.2) is 0 Å². The number of thiophene rings is 1. The van der Waals surface area contributed by atoms with Crippen LogP contribution in [-0.4, -0.2) is 21.5 Å². The Kier molecular flexibility index (Phi) is 3.53. The quantitative estimate of drug-likeness (QED) is 0.880. The van der Waals surface area contributed by atoms with E-state index in [-0.39, 0.29) is 5.28 Å². The van der Waals surface area contributed by atoms with Crippen molar-refractivity contribution in [2.75, 3.05) is 17.2 Å². The van der Waals surface area contributed by atoms with E-state index in [1.165, 1.54) is 0 Å². The summed E-state index contributed by atoms with van der Waals surface area (Å²) in [7, 11) is 0. The lowest BCUT2D eigenvalue weighted by Gasteiger charge is -2.05. The molecule has 2 rings (SSSR count). The van der Waals surface area contributed by atoms with Crippen molar-refractivity contribution >= 4 is 40.5 Å². The minimum absolute atomic E-state index is 0.170. The average Bonchev–Trinajstić information content (AvgIpc) is 2.70. The smallest absolute Gasteiger partial charge is 0.233 e. The largest absolute Gasteiger partial charge is 0.354 e. The number of hydrogen-bond acceptors (Lipinski definition) is 6. The first kappa shape index (κ1) is 11.1. The molecule has 0 radical (unpaired) electrons. The second-order valence-electron chi connectivity index (χ2n) is 2.92. The molecule has 2 aromatic rings. The molecule has 7 heteroatoms. The minimum atomic E-state index is 0.170. The van der Waals surface area contributed by atoms with E-state index in [4.69, 9.17) is 11.6 Å². The van der Waals surface area contributed by atoms with E-state index < -0.39 is 0 Å². The normalized spacial score (nSPS) is 10.1. The Morgan fingerprint density at radius 2 is 2.12 bits per heavy atom. The Morgan fingerprint density at radius 1 is 1.31 bits per heavy atom. The zero-order valence-corrected chi connectivity index (χ0v) is 10.1. The Balaban J connectivity index is 2.20. The van der Waals surface area contributed by atoms with Gasteiger partial charge in [-0.05, 0) is 30.0 Å². The second-order valence-corrected chi connectivity index (χ2v) is 4.04. The van der Waals surface area contributed by atoms with Crippen LogP contribution < -0.4 is 10.6 Å². The summed E-state index contributed by atoms with van der Waals surface area (Å²) >= 11 is 7.38. The first-order chi connectivity index (χ1) is 7.78. The highest BCUT2D eigenvalue weighted by Crippen LogP contribution is 2.17. The van der Waals surface area contributed by atoms with Crippen LogP contribution in [0.1, 0.15) is 6.92 Å². The molecule has 2 aromatic heterocycles. The van der Waals surface area contributed by atoms with E-state index in [0.717, 1.165) is 12.2 Å². The molecule has 16 heavy (non-hydrogen) atoms. The third-order valence-electron chi connectivity index (χ3n) is 1.72. The summed E-state index contributed by atoms with van der Waals surface area (Å²) in [5.41, 5.74) is 0.940. The molecule has 0 spiro atoms. The molecule has 84 valence electrons. The number of nitrogens with zero attached hydrogens (tertiary/aromatic N) is 3. The van der Waals surface area contributed by atoms with Gasteiger partial charge in [-0.15, -0.1) is 0 Å². The molecular formula is C9H10ClN5S. The topological polar surface area (TPSA) is 62.7 Å². The van der Waals surface area contributed by atoms with Gasteiger partial charge in [-0.3, -0.25) is 0 Å². The van der Waals surface area contributed by atoms with E-state index in [1.807, 2.05) is 23.8 Å². The molecular weight excluding hydrogens is 246 g/mol. The van der Waals surface area contributed by atoms with Gasteiger partial charge in [-0.2, -0.15) is 26.3 Å². The van der Waals surface area contributed by atoms with Gasteiger partial charge in [0.25, 0.3) is 0 Å². The molecule has 2 N–H and O–H groups in total. The first-order valence-corrected chi connectivity index (χ1v) is 6.04. The number of rotatable bonds is 4. The summed E-state index contributed by atoms with van der Waals surface area (Å²) in [5.74, 6) is 0.912. The van der Waals surface area contributed by atoms with Crippen LogP contribution >= 0.6 is 22.9 Å². The van der Waals surface area contributed by atoms with Gasteiger partial charge >= 0.3 is 0 Å². The van der Waals surface area contributed by atoms with E-state index in [1.54, 1.807) is 11.3 Å². The third kappa shape index (κ3) is 2.80. The predicted molar refractivity (Wildman–Crippen MR) is 66.6 cm³/mol. The van der Waals surface area contributed by atoms with Crippen molar-refractivity contribution in [1.29, 1.82) is 0 Å². The van der Waals surface area contributed by atoms with Gasteiger partial charge < -0.3 is 10.6 Å². The molecule has 5 nitrogen and oxygen atoms in total. The standard InChI is InChI=1S/C9H10ClN5S/c1-2-11-8-13-7(10)14-9(15-8)12-6-3-4-16-5-6/h3-5H,2H2,1H3,(H2,11,12,13,14,15). The zero-order valence-electron chi connectivity index (χ0n) is 8.57. The van der Waals surface area contributed by atoms with Crippen molar-refractivity contribution < 1.29 is 0 Å². The van der Waals surface area contributed by atoms with Gasteiger partial charge in [0.05, 0.1) is 5.69 Å². The Hall–Kier alpha value is -1.40. The lowest BCUT2D eigenvalue weighted by molar-refractivity contribution is 1.02. The highest BCUT2D eigenvalue weighted by molar-refractivity contribution is 7.08. The van der Waals surface area contributed by atoms with Crippen molar-refractivity contribution in [2.24, 2.45) is 0 Å². The molecule has 0 unspecified atom stereocenters. The fourth-order valence-electron chi connectivity index (χ4n) is 1.11. The van der Waals surface area contributed by atoms with Crippen LogP contribution in [0, 0.1) is 0 Å². The second kappa shape index (κ2) is 5.09. The van der Waals surface area contributed by atoms with Gasteiger partial charge in [-0.25, -0.2) is 0 Å². The molecule has 0 saturated carbocycles. The fourth-order valence-corrected chi connectivity index (χ4v) is 1.86. The highest BCUT2D eigenvalue weighted by Gasteiger charge is 2.04. The van der Waals surface area contributed by atoms with Crippen molar-refractivity contribution in [2.45, 2.75) is 6.92 Å². The molecule has 0 amide bonds. The number of aromatic nitrogens is 3. The van der Waals surface area contributed by atoms with Crippen LogP contribution in [0.5, 0.6) is 0 Å². The van der Waals surface area contributed by atoms with Gasteiger partial charge in [0.1, 0.15) is 0 Å². The summed E-state index contributed by atoms with van der Waals surface area (Å²) < 4.78 is 0. The van der Waals surface area contributed by atoms with Gasteiger partial charge in [0.2, 0.25) is 17.2 Å². The summed E-state index contributed by atoms with van der Waals surface area (Å²) in [5, 5.41) is 10.1. The summed E-state index contributed by atoms with van der Waals surface area (Å²) in [6.45, 7) is 2.70. The molecule has 0 bridgehead atoms. The van der Waals surface area contributed by atoms with Crippen molar-refractivity contribution in [3.05, 3.63) is 22.1 Å². The monoisotopic (exact) mass is 255 g/mol. The lowest BCUT2D eigenvalue weighted by atomic mass is 10.5. The lowest BCUT2D eigenvalue weighted by Crippen LogP contribution is -2.06. The van der Waals surface area contributed by atoms with Gasteiger partial charge in [0, 0.05) is 11.9 Å². The van der Waals surface area contributed by atoms with Crippen LogP contribution in [0.15, 0.2) is 16.8 Å². The molecule has 0 aliphatic carbocycles. The van der Waals surface area contributed by atoms with Crippen molar-refractivity contribution in [3.8, 4) is 0 Å². The molecule has 0 saturated heterocycles. The first-order valence-electron chi connectivity index (χ1n) is 4.72. The minimum Gasteiger partial charge on any atom is -0.354 e. The summed E-state index contributed by atoms with van der Waals surface area (Å²) in [6, 6.07) is 1.94. The van der Waals surface area contributed by atoms with Crippen LogP contribution in [0.25, 0.3) is 0 Å². The van der Waals surface area contributed by atoms with Crippen LogP contribution in [-0.2, 0) is 0 Å². The number of halogens is 1. The molecule has 0 aliphatic rings. The van der Waals surface area contributed by atoms with E-state index in [0.29, 0.717) is 11.9 Å². The maximum absolute atomic E-state index is 5.79. The average molecular weight is 256 g/mol. The molecule has 0 aromatic carbocycles. The molecule has 0 aliphatic heterocycles. The molecule has 0 fully saturated rings. The number of hydrogen-bond donors (Lipinski definition) is 2. The maximum atomic E-state index is 5.79. The number of anilines is 3. The molecule has 0 atom stereocenters. The maximum Gasteiger partial charge on any atom is 0.233 e. The summed E-state index contributed by atoms with van der Waals surface area (Å²) in [6.07, 6.45) is 0. The van der Waals surface area contributed by atoms with E-state index in [9.17, 15) is 0 Å². The molecule has 2 heterocycles. The predicted octanol–water partition coefficient (Wildman–Crippen LogP) is 2.76. The summed E-state index contributed by atoms with van der Waals surface area (Å²) in [4.78, 5) is 12.1. The fraction of sp³-hybridized carbons (Fsp3) is 0.222. The van der Waals surface area contributed by atoms with Crippen molar-refractivity contribution in [1.82, 2.24) is 15.0 Å². The third-order valence-corrected chi connectivity index (χ3v) is 2.57. The van der Waals surface area contributed by atoms with Crippen LogP contribution in [0.3, 0.4) is 0 Å². The van der Waals surface area contributed by atoms with Crippen LogP contribution in [0.4, 0.5) is 17.6 Å². The zero-order chi connectivity index (χ0) is 11.4. The Labute approximate surface area is 102 Å². The highest BCUT2D eigenvalue weighted by atomic mass is 35.5. The van der Waals surface area contributed by atoms with Gasteiger partial charge in [-0.1, -0.05) is 0 Å².